The molecule has 0 aliphatic carbocycles. The van der Waals surface area contributed by atoms with Crippen LogP contribution in [0.4, 0.5) is 0 Å². The Bertz CT molecular complexity index is 1010. The van der Waals surface area contributed by atoms with Gasteiger partial charge in [0.25, 0.3) is 0 Å². The number of sulfone groups is 2. The zero-order chi connectivity index (χ0) is 19.7. The molecular formula is C20H25NO4S2. The number of rotatable bonds is 6. The van der Waals surface area contributed by atoms with Crippen molar-refractivity contribution < 1.29 is 16.8 Å². The average Bonchev–Trinajstić information content (AvgIpc) is 2.95. The molecule has 1 N–H and O–H groups in total. The van der Waals surface area contributed by atoms with Gasteiger partial charge in [-0.3, -0.25) is 0 Å². The Morgan fingerprint density at radius 1 is 1.04 bits per heavy atom. The normalized spacial score (nSPS) is 22.0. The van der Waals surface area contributed by atoms with Crippen molar-refractivity contribution in [1.29, 1.82) is 0 Å². The highest BCUT2D eigenvalue weighted by atomic mass is 32.2. The summed E-state index contributed by atoms with van der Waals surface area (Å²) in [5.41, 5.74) is 3.15. The maximum absolute atomic E-state index is 13.1. The standard InChI is InChI=1S/C20H25NO4S2/c1-3-16-7-9-18(10-8-16)27(24,25)20-14-26(22,23)13-19(20)21-12-17-6-4-5-15(2)11-17/h4-11,19-21H,3,12-14H2,1-2H3/t19-,20-/m0/s1. The van der Waals surface area contributed by atoms with Crippen LogP contribution in [-0.2, 0) is 32.6 Å². The molecule has 146 valence electrons. The summed E-state index contributed by atoms with van der Waals surface area (Å²) >= 11 is 0. The second-order valence-electron chi connectivity index (χ2n) is 7.13. The molecule has 0 spiro atoms. The predicted octanol–water partition coefficient (Wildman–Crippen LogP) is 2.29. The van der Waals surface area contributed by atoms with Crippen molar-refractivity contribution in [3.05, 3.63) is 65.2 Å². The lowest BCUT2D eigenvalue weighted by atomic mass is 10.1. The first-order chi connectivity index (χ1) is 12.7. The SMILES string of the molecule is CCc1ccc(S(=O)(=O)[C@H]2CS(=O)(=O)C[C@@H]2NCc2cccc(C)c2)cc1. The van der Waals surface area contributed by atoms with Crippen LogP contribution in [-0.4, -0.2) is 39.6 Å². The van der Waals surface area contributed by atoms with Gasteiger partial charge in [-0.25, -0.2) is 16.8 Å². The summed E-state index contributed by atoms with van der Waals surface area (Å²) in [5, 5.41) is 2.20. The maximum Gasteiger partial charge on any atom is 0.183 e. The minimum absolute atomic E-state index is 0.157. The third-order valence-electron chi connectivity index (χ3n) is 5.01. The lowest BCUT2D eigenvalue weighted by Gasteiger charge is -2.20. The highest BCUT2D eigenvalue weighted by Crippen LogP contribution is 2.26. The van der Waals surface area contributed by atoms with Crippen LogP contribution in [0.2, 0.25) is 0 Å². The van der Waals surface area contributed by atoms with Gasteiger partial charge in [0.2, 0.25) is 0 Å². The average molecular weight is 408 g/mol. The molecule has 5 nitrogen and oxygen atoms in total. The zero-order valence-corrected chi connectivity index (χ0v) is 17.2. The van der Waals surface area contributed by atoms with Crippen molar-refractivity contribution in [2.75, 3.05) is 11.5 Å². The second-order valence-corrected chi connectivity index (χ2v) is 11.5. The molecule has 3 rings (SSSR count). The van der Waals surface area contributed by atoms with E-state index in [9.17, 15) is 16.8 Å². The Morgan fingerprint density at radius 3 is 2.37 bits per heavy atom. The number of aryl methyl sites for hydroxylation is 2. The van der Waals surface area contributed by atoms with E-state index in [4.69, 9.17) is 0 Å². The smallest absolute Gasteiger partial charge is 0.183 e. The molecule has 1 aliphatic rings. The van der Waals surface area contributed by atoms with Gasteiger partial charge in [0.1, 0.15) is 0 Å². The monoisotopic (exact) mass is 407 g/mol. The minimum Gasteiger partial charge on any atom is -0.308 e. The molecule has 0 saturated carbocycles. The molecule has 2 aromatic carbocycles. The summed E-state index contributed by atoms with van der Waals surface area (Å²) in [5.74, 6) is -0.494. The first-order valence-electron chi connectivity index (χ1n) is 9.03. The fourth-order valence-electron chi connectivity index (χ4n) is 3.47. The molecule has 1 saturated heterocycles. The Labute approximate surface area is 161 Å². The van der Waals surface area contributed by atoms with Crippen LogP contribution in [0.25, 0.3) is 0 Å². The van der Waals surface area contributed by atoms with Crippen LogP contribution in [0.3, 0.4) is 0 Å². The zero-order valence-electron chi connectivity index (χ0n) is 15.6. The van der Waals surface area contributed by atoms with E-state index in [0.717, 1.165) is 23.1 Å². The first kappa shape index (κ1) is 20.0. The molecule has 1 aliphatic heterocycles. The molecule has 0 bridgehead atoms. The number of benzene rings is 2. The van der Waals surface area contributed by atoms with Crippen molar-refractivity contribution in [3.8, 4) is 0 Å². The van der Waals surface area contributed by atoms with Gasteiger partial charge >= 0.3 is 0 Å². The number of nitrogens with one attached hydrogen (secondary N) is 1. The van der Waals surface area contributed by atoms with Gasteiger partial charge in [0.15, 0.2) is 19.7 Å². The quantitative estimate of drug-likeness (QED) is 0.795. The number of hydrogen-bond donors (Lipinski definition) is 1. The van der Waals surface area contributed by atoms with Crippen molar-refractivity contribution >= 4 is 19.7 Å². The van der Waals surface area contributed by atoms with Gasteiger partial charge in [-0.15, -0.1) is 0 Å². The first-order valence-corrected chi connectivity index (χ1v) is 12.4. The van der Waals surface area contributed by atoms with Crippen molar-refractivity contribution in [2.24, 2.45) is 0 Å². The van der Waals surface area contributed by atoms with E-state index in [2.05, 4.69) is 5.32 Å². The molecule has 7 heteroatoms. The largest absolute Gasteiger partial charge is 0.308 e. The van der Waals surface area contributed by atoms with E-state index < -0.39 is 31.0 Å². The molecule has 27 heavy (non-hydrogen) atoms. The van der Waals surface area contributed by atoms with Gasteiger partial charge in [-0.05, 0) is 36.6 Å². The highest BCUT2D eigenvalue weighted by Gasteiger charge is 2.45. The fourth-order valence-corrected chi connectivity index (χ4v) is 8.19. The highest BCUT2D eigenvalue weighted by molar-refractivity contribution is 7.96. The van der Waals surface area contributed by atoms with Crippen LogP contribution in [0, 0.1) is 6.92 Å². The summed E-state index contributed by atoms with van der Waals surface area (Å²) in [6, 6.07) is 14.0. The van der Waals surface area contributed by atoms with Gasteiger partial charge in [-0.1, -0.05) is 48.9 Å². The molecule has 2 atom stereocenters. The van der Waals surface area contributed by atoms with Crippen molar-refractivity contribution in [1.82, 2.24) is 5.32 Å². The Balaban J connectivity index is 1.84. The van der Waals surface area contributed by atoms with Gasteiger partial charge in [-0.2, -0.15) is 0 Å². The van der Waals surface area contributed by atoms with Gasteiger partial charge in [0, 0.05) is 12.6 Å². The summed E-state index contributed by atoms with van der Waals surface area (Å²) in [7, 11) is -7.14. The fraction of sp³-hybridized carbons (Fsp3) is 0.400. The molecular weight excluding hydrogens is 382 g/mol. The van der Waals surface area contributed by atoms with Crippen molar-refractivity contribution in [3.63, 3.8) is 0 Å². The molecule has 1 heterocycles. The van der Waals surface area contributed by atoms with E-state index in [1.54, 1.807) is 24.3 Å². The molecule has 0 unspecified atom stereocenters. The van der Waals surface area contributed by atoms with Crippen LogP contribution in [0.1, 0.15) is 23.6 Å². The van der Waals surface area contributed by atoms with E-state index in [-0.39, 0.29) is 16.4 Å². The predicted molar refractivity (Wildman–Crippen MR) is 107 cm³/mol. The Kier molecular flexibility index (Phi) is 5.74. The number of hydrogen-bond acceptors (Lipinski definition) is 5. The summed E-state index contributed by atoms with van der Waals surface area (Å²) in [4.78, 5) is 0.184. The van der Waals surface area contributed by atoms with Gasteiger partial charge in [0.05, 0.1) is 21.7 Å². The Hall–Kier alpha value is -1.70. The Morgan fingerprint density at radius 2 is 1.74 bits per heavy atom. The molecule has 0 aromatic heterocycles. The lowest BCUT2D eigenvalue weighted by molar-refractivity contribution is 0.526. The topological polar surface area (TPSA) is 80.3 Å². The summed E-state index contributed by atoms with van der Waals surface area (Å²) < 4.78 is 50.6. The third kappa shape index (κ3) is 4.59. The maximum atomic E-state index is 13.1. The summed E-state index contributed by atoms with van der Waals surface area (Å²) in [6.45, 7) is 4.41. The van der Waals surface area contributed by atoms with Crippen LogP contribution >= 0.6 is 0 Å². The van der Waals surface area contributed by atoms with E-state index >= 15 is 0 Å². The van der Waals surface area contributed by atoms with Crippen LogP contribution < -0.4 is 5.32 Å². The molecule has 1 fully saturated rings. The molecule has 0 amide bonds. The molecule has 0 radical (unpaired) electrons. The minimum atomic E-state index is -3.74. The van der Waals surface area contributed by atoms with E-state index in [0.29, 0.717) is 6.54 Å². The second kappa shape index (κ2) is 7.73. The van der Waals surface area contributed by atoms with E-state index in [1.165, 1.54) is 0 Å². The van der Waals surface area contributed by atoms with E-state index in [1.807, 2.05) is 38.1 Å². The third-order valence-corrected chi connectivity index (χ3v) is 9.18. The molecule has 2 aromatic rings. The summed E-state index contributed by atoms with van der Waals surface area (Å²) in [6.07, 6.45) is 0.818. The lowest BCUT2D eigenvalue weighted by Crippen LogP contribution is -2.43. The van der Waals surface area contributed by atoms with Crippen LogP contribution in [0.15, 0.2) is 53.4 Å². The van der Waals surface area contributed by atoms with Gasteiger partial charge < -0.3 is 5.32 Å². The van der Waals surface area contributed by atoms with Crippen LogP contribution in [0.5, 0.6) is 0 Å². The van der Waals surface area contributed by atoms with Crippen molar-refractivity contribution in [2.45, 2.75) is 43.0 Å².